The van der Waals surface area contributed by atoms with E-state index in [4.69, 9.17) is 9.15 Å². The van der Waals surface area contributed by atoms with Gasteiger partial charge >= 0.3 is 0 Å². The van der Waals surface area contributed by atoms with Crippen LogP contribution in [0, 0.1) is 12.7 Å². The number of amides is 1. The molecule has 0 N–H and O–H groups in total. The fourth-order valence-electron chi connectivity index (χ4n) is 3.89. The zero-order chi connectivity index (χ0) is 21.7. The highest BCUT2D eigenvalue weighted by atomic mass is 19.1. The number of hydrogen-bond acceptors (Lipinski definition) is 5. The number of benzene rings is 2. The Hall–Kier alpha value is -4.00. The van der Waals surface area contributed by atoms with Crippen LogP contribution < -0.4 is 15.1 Å². The Labute approximate surface area is 176 Å². The molecule has 2 aromatic heterocycles. The smallest absolute Gasteiger partial charge is 0.296 e. The van der Waals surface area contributed by atoms with Gasteiger partial charge in [-0.05, 0) is 54.4 Å². The van der Waals surface area contributed by atoms with Gasteiger partial charge in [-0.25, -0.2) is 9.37 Å². The fourth-order valence-corrected chi connectivity index (χ4v) is 3.89. The van der Waals surface area contributed by atoms with Gasteiger partial charge in [-0.3, -0.25) is 14.5 Å². The number of rotatable bonds is 3. The van der Waals surface area contributed by atoms with Crippen LogP contribution >= 0.6 is 0 Å². The summed E-state index contributed by atoms with van der Waals surface area (Å²) in [7, 11) is 1.56. The van der Waals surface area contributed by atoms with Gasteiger partial charge in [0.25, 0.3) is 5.91 Å². The molecule has 154 valence electrons. The number of methoxy groups -OCH3 is 1. The van der Waals surface area contributed by atoms with Crippen molar-refractivity contribution in [1.29, 1.82) is 0 Å². The van der Waals surface area contributed by atoms with Crippen LogP contribution in [0.3, 0.4) is 0 Å². The summed E-state index contributed by atoms with van der Waals surface area (Å²) in [6.07, 6.45) is 1.65. The molecule has 3 heterocycles. The van der Waals surface area contributed by atoms with Gasteiger partial charge in [0.2, 0.25) is 5.76 Å². The number of ether oxygens (including phenoxy) is 1. The Balaban J connectivity index is 1.79. The number of fused-ring (bicyclic) bond motifs is 2. The lowest BCUT2D eigenvalue weighted by Crippen LogP contribution is -2.30. The summed E-state index contributed by atoms with van der Waals surface area (Å²) in [4.78, 5) is 32.6. The van der Waals surface area contributed by atoms with E-state index in [0.717, 1.165) is 11.6 Å². The van der Waals surface area contributed by atoms with E-state index in [0.29, 0.717) is 17.1 Å². The zero-order valence-electron chi connectivity index (χ0n) is 16.8. The topological polar surface area (TPSA) is 72.6 Å². The van der Waals surface area contributed by atoms with Gasteiger partial charge in [-0.1, -0.05) is 18.2 Å². The Morgan fingerprint density at radius 3 is 2.52 bits per heavy atom. The Morgan fingerprint density at radius 2 is 1.84 bits per heavy atom. The van der Waals surface area contributed by atoms with Crippen LogP contribution in [0.4, 0.5) is 10.2 Å². The summed E-state index contributed by atoms with van der Waals surface area (Å²) in [5.41, 5.74) is 1.49. The molecule has 31 heavy (non-hydrogen) atoms. The molecule has 4 aromatic rings. The summed E-state index contributed by atoms with van der Waals surface area (Å²) >= 11 is 0. The maximum absolute atomic E-state index is 13.8. The fraction of sp³-hybridized carbons (Fsp3) is 0.125. The summed E-state index contributed by atoms with van der Waals surface area (Å²) in [6, 6.07) is 13.5. The lowest BCUT2D eigenvalue weighted by Gasteiger charge is -2.24. The van der Waals surface area contributed by atoms with Crippen LogP contribution in [0.25, 0.3) is 11.0 Å². The average Bonchev–Trinajstić information content (AvgIpc) is 3.07. The van der Waals surface area contributed by atoms with Crippen molar-refractivity contribution in [3.05, 3.63) is 99.3 Å². The van der Waals surface area contributed by atoms with E-state index in [1.54, 1.807) is 43.6 Å². The molecule has 1 atom stereocenters. The van der Waals surface area contributed by atoms with Gasteiger partial charge in [-0.2, -0.15) is 0 Å². The minimum atomic E-state index is -0.771. The zero-order valence-corrected chi connectivity index (χ0v) is 16.8. The second-order valence-electron chi connectivity index (χ2n) is 7.36. The molecule has 1 aliphatic heterocycles. The first-order valence-electron chi connectivity index (χ1n) is 9.64. The van der Waals surface area contributed by atoms with Crippen molar-refractivity contribution in [2.45, 2.75) is 13.0 Å². The monoisotopic (exact) mass is 416 g/mol. The Kier molecular flexibility index (Phi) is 4.32. The molecular weight excluding hydrogens is 399 g/mol. The minimum Gasteiger partial charge on any atom is -0.497 e. The standard InChI is InChI=1S/C24H17FN2O4/c1-13-3-10-19(26-12-13)27-21(14-4-7-16(30-2)8-5-14)20-22(28)17-11-15(25)6-9-18(17)31-23(20)24(27)29/h3-12,21H,1-2H3. The van der Waals surface area contributed by atoms with Gasteiger partial charge in [0.15, 0.2) is 5.43 Å². The molecule has 0 fully saturated rings. The normalized spacial score (nSPS) is 15.4. The van der Waals surface area contributed by atoms with Gasteiger partial charge in [-0.15, -0.1) is 0 Å². The molecule has 6 nitrogen and oxygen atoms in total. The number of pyridine rings is 1. The van der Waals surface area contributed by atoms with Gasteiger partial charge in [0.1, 0.15) is 23.0 Å². The van der Waals surface area contributed by atoms with E-state index in [2.05, 4.69) is 4.98 Å². The molecule has 1 aliphatic rings. The highest BCUT2D eigenvalue weighted by Gasteiger charge is 2.44. The number of aryl methyl sites for hydroxylation is 1. The molecule has 2 aromatic carbocycles. The maximum Gasteiger partial charge on any atom is 0.296 e. The summed E-state index contributed by atoms with van der Waals surface area (Å²) in [5, 5.41) is 0.0868. The molecule has 0 aliphatic carbocycles. The molecule has 0 radical (unpaired) electrons. The van der Waals surface area contributed by atoms with Crippen molar-refractivity contribution < 1.29 is 18.3 Å². The SMILES string of the molecule is COc1ccc(C2c3c(oc4ccc(F)cc4c3=O)C(=O)N2c2ccc(C)cn2)cc1. The third-order valence-electron chi connectivity index (χ3n) is 5.41. The van der Waals surface area contributed by atoms with Crippen LogP contribution in [0.5, 0.6) is 5.75 Å². The van der Waals surface area contributed by atoms with E-state index < -0.39 is 23.2 Å². The quantitative estimate of drug-likeness (QED) is 0.495. The van der Waals surface area contributed by atoms with E-state index in [9.17, 15) is 14.0 Å². The number of aromatic nitrogens is 1. The molecule has 5 rings (SSSR count). The molecule has 7 heteroatoms. The highest BCUT2D eigenvalue weighted by molar-refractivity contribution is 6.10. The van der Waals surface area contributed by atoms with Crippen molar-refractivity contribution in [2.24, 2.45) is 0 Å². The number of carbonyl (C=O) groups is 1. The molecule has 0 saturated carbocycles. The molecule has 1 unspecified atom stereocenters. The number of hydrogen-bond donors (Lipinski definition) is 0. The summed E-state index contributed by atoms with van der Waals surface area (Å²) in [5.74, 6) is -0.0664. The van der Waals surface area contributed by atoms with Crippen molar-refractivity contribution >= 4 is 22.7 Å². The maximum atomic E-state index is 13.8. The Morgan fingerprint density at radius 1 is 1.06 bits per heavy atom. The largest absolute Gasteiger partial charge is 0.497 e. The van der Waals surface area contributed by atoms with Crippen LogP contribution in [0.2, 0.25) is 0 Å². The van der Waals surface area contributed by atoms with Crippen molar-refractivity contribution in [3.63, 3.8) is 0 Å². The first-order valence-corrected chi connectivity index (χ1v) is 9.64. The second-order valence-corrected chi connectivity index (χ2v) is 7.36. The van der Waals surface area contributed by atoms with Crippen LogP contribution in [0.1, 0.15) is 33.3 Å². The van der Waals surface area contributed by atoms with Crippen LogP contribution in [-0.4, -0.2) is 18.0 Å². The van der Waals surface area contributed by atoms with Crippen molar-refractivity contribution in [1.82, 2.24) is 4.98 Å². The number of carbonyl (C=O) groups excluding carboxylic acids is 1. The highest BCUT2D eigenvalue weighted by Crippen LogP contribution is 2.40. The van der Waals surface area contributed by atoms with E-state index in [1.165, 1.54) is 17.0 Å². The predicted molar refractivity (Wildman–Crippen MR) is 113 cm³/mol. The summed E-state index contributed by atoms with van der Waals surface area (Å²) in [6.45, 7) is 1.89. The average molecular weight is 416 g/mol. The van der Waals surface area contributed by atoms with E-state index in [-0.39, 0.29) is 22.3 Å². The minimum absolute atomic E-state index is 0.0627. The summed E-state index contributed by atoms with van der Waals surface area (Å²) < 4.78 is 24.9. The predicted octanol–water partition coefficient (Wildman–Crippen LogP) is 4.39. The number of anilines is 1. The van der Waals surface area contributed by atoms with E-state index in [1.807, 2.05) is 13.0 Å². The van der Waals surface area contributed by atoms with Gasteiger partial charge < -0.3 is 9.15 Å². The number of halogens is 1. The molecule has 0 saturated heterocycles. The molecular formula is C24H17FN2O4. The van der Waals surface area contributed by atoms with Gasteiger partial charge in [0.05, 0.1) is 24.1 Å². The Bertz CT molecular complexity index is 1380. The van der Waals surface area contributed by atoms with Crippen LogP contribution in [0.15, 0.2) is 70.0 Å². The van der Waals surface area contributed by atoms with E-state index >= 15 is 0 Å². The third-order valence-corrected chi connectivity index (χ3v) is 5.41. The lowest BCUT2D eigenvalue weighted by atomic mass is 9.98. The molecule has 0 bridgehead atoms. The second kappa shape index (κ2) is 7.05. The van der Waals surface area contributed by atoms with Crippen molar-refractivity contribution in [3.8, 4) is 5.75 Å². The van der Waals surface area contributed by atoms with Crippen molar-refractivity contribution in [2.75, 3.05) is 12.0 Å². The molecule has 0 spiro atoms. The lowest BCUT2D eigenvalue weighted by molar-refractivity contribution is 0.0970. The third kappa shape index (κ3) is 2.97. The first-order chi connectivity index (χ1) is 15.0. The van der Waals surface area contributed by atoms with Crippen LogP contribution in [-0.2, 0) is 0 Å². The first kappa shape index (κ1) is 19.0. The number of nitrogens with zero attached hydrogens (tertiary/aromatic N) is 2. The molecule has 1 amide bonds. The van der Waals surface area contributed by atoms with Gasteiger partial charge in [0, 0.05) is 6.20 Å².